The van der Waals surface area contributed by atoms with Crippen molar-refractivity contribution in [1.29, 1.82) is 0 Å². The highest BCUT2D eigenvalue weighted by Gasteiger charge is 2.35. The van der Waals surface area contributed by atoms with Gasteiger partial charge in [-0.1, -0.05) is 5.16 Å². The molecule has 3 heterocycles. The van der Waals surface area contributed by atoms with Crippen molar-refractivity contribution >= 4 is 6.03 Å². The van der Waals surface area contributed by atoms with Gasteiger partial charge in [-0.15, -0.1) is 0 Å². The molecule has 2 aromatic heterocycles. The summed E-state index contributed by atoms with van der Waals surface area (Å²) >= 11 is 0. The molecule has 0 fully saturated rings. The standard InChI is InChI=1S/C14H17F3N6O2/c1-8-20-11(22-25-8)5-19-13(24)18-4-9-2-3-12-21-10(14(15,16)17)7-23(12)6-9/h7,9H,2-6H2,1H3,(H2,18,19,24)/t9-/m0/s1. The smallest absolute Gasteiger partial charge is 0.340 e. The van der Waals surface area contributed by atoms with Crippen molar-refractivity contribution in [3.63, 3.8) is 0 Å². The minimum absolute atomic E-state index is 0.0425. The molecule has 2 N–H and O–H groups in total. The zero-order valence-corrected chi connectivity index (χ0v) is 13.4. The summed E-state index contributed by atoms with van der Waals surface area (Å²) in [5, 5.41) is 8.95. The van der Waals surface area contributed by atoms with Gasteiger partial charge in [0.25, 0.3) is 0 Å². The maximum atomic E-state index is 12.7. The second-order valence-electron chi connectivity index (χ2n) is 5.89. The van der Waals surface area contributed by atoms with Crippen LogP contribution in [0.3, 0.4) is 0 Å². The van der Waals surface area contributed by atoms with Crippen LogP contribution >= 0.6 is 0 Å². The fourth-order valence-electron chi connectivity index (χ4n) is 2.69. The van der Waals surface area contributed by atoms with E-state index in [0.29, 0.717) is 43.5 Å². The van der Waals surface area contributed by atoms with Gasteiger partial charge in [0.05, 0.1) is 6.54 Å². The van der Waals surface area contributed by atoms with Gasteiger partial charge < -0.3 is 19.7 Å². The first kappa shape index (κ1) is 17.2. The quantitative estimate of drug-likeness (QED) is 0.866. The summed E-state index contributed by atoms with van der Waals surface area (Å²) in [6.45, 7) is 2.53. The Labute approximate surface area is 140 Å². The second kappa shape index (κ2) is 6.73. The van der Waals surface area contributed by atoms with E-state index < -0.39 is 17.9 Å². The van der Waals surface area contributed by atoms with Crippen LogP contribution in [0.4, 0.5) is 18.0 Å². The molecule has 11 heteroatoms. The largest absolute Gasteiger partial charge is 0.434 e. The number of carbonyl (C=O) groups excluding carboxylic acids is 1. The second-order valence-corrected chi connectivity index (χ2v) is 5.89. The maximum Gasteiger partial charge on any atom is 0.434 e. The highest BCUT2D eigenvalue weighted by molar-refractivity contribution is 5.73. The normalized spacial score (nSPS) is 17.2. The van der Waals surface area contributed by atoms with Gasteiger partial charge in [-0.3, -0.25) is 0 Å². The van der Waals surface area contributed by atoms with Gasteiger partial charge in [0.2, 0.25) is 5.89 Å². The molecule has 0 aromatic carbocycles. The molecule has 25 heavy (non-hydrogen) atoms. The van der Waals surface area contributed by atoms with Gasteiger partial charge in [0.1, 0.15) is 5.82 Å². The van der Waals surface area contributed by atoms with Gasteiger partial charge in [-0.2, -0.15) is 18.2 Å². The summed E-state index contributed by atoms with van der Waals surface area (Å²) in [7, 11) is 0. The van der Waals surface area contributed by atoms with Gasteiger partial charge in [0, 0.05) is 32.6 Å². The Morgan fingerprint density at radius 3 is 2.88 bits per heavy atom. The number of nitrogens with one attached hydrogen (secondary N) is 2. The number of amides is 2. The first-order valence-corrected chi connectivity index (χ1v) is 7.75. The molecule has 1 atom stereocenters. The van der Waals surface area contributed by atoms with Crippen molar-refractivity contribution in [2.24, 2.45) is 5.92 Å². The van der Waals surface area contributed by atoms with Crippen LogP contribution in [-0.4, -0.2) is 32.3 Å². The summed E-state index contributed by atoms with van der Waals surface area (Å²) in [5.74, 6) is 1.25. The molecule has 0 radical (unpaired) electrons. The van der Waals surface area contributed by atoms with E-state index in [2.05, 4.69) is 25.8 Å². The Bertz CT molecular complexity index is 754. The Balaban J connectivity index is 1.46. The Morgan fingerprint density at radius 2 is 2.20 bits per heavy atom. The third-order valence-electron chi connectivity index (χ3n) is 3.91. The maximum absolute atomic E-state index is 12.7. The molecule has 1 aliphatic heterocycles. The Kier molecular flexibility index (Phi) is 4.64. The lowest BCUT2D eigenvalue weighted by atomic mass is 9.99. The predicted molar refractivity (Wildman–Crippen MR) is 78.3 cm³/mol. The van der Waals surface area contributed by atoms with Crippen LogP contribution in [0.15, 0.2) is 10.7 Å². The van der Waals surface area contributed by atoms with Crippen LogP contribution in [0, 0.1) is 12.8 Å². The molecule has 0 unspecified atom stereocenters. The lowest BCUT2D eigenvalue weighted by molar-refractivity contribution is -0.141. The molecule has 136 valence electrons. The average molecular weight is 358 g/mol. The zero-order chi connectivity index (χ0) is 18.0. The summed E-state index contributed by atoms with van der Waals surface area (Å²) in [5.41, 5.74) is -0.871. The summed E-state index contributed by atoms with van der Waals surface area (Å²) < 4.78 is 44.4. The summed E-state index contributed by atoms with van der Waals surface area (Å²) in [4.78, 5) is 19.4. The van der Waals surface area contributed by atoms with Crippen LogP contribution in [0.1, 0.15) is 29.7 Å². The highest BCUT2D eigenvalue weighted by Crippen LogP contribution is 2.30. The topological polar surface area (TPSA) is 97.9 Å². The van der Waals surface area contributed by atoms with Gasteiger partial charge in [0.15, 0.2) is 11.5 Å². The van der Waals surface area contributed by atoms with Crippen LogP contribution in [0.2, 0.25) is 0 Å². The summed E-state index contributed by atoms with van der Waals surface area (Å²) in [6.07, 6.45) is -2.30. The van der Waals surface area contributed by atoms with E-state index in [1.807, 2.05) is 0 Å². The number of aromatic nitrogens is 4. The third kappa shape index (κ3) is 4.28. The number of hydrogen-bond acceptors (Lipinski definition) is 5. The molecule has 0 saturated carbocycles. The molecule has 0 bridgehead atoms. The lowest BCUT2D eigenvalue weighted by Gasteiger charge is -2.23. The Morgan fingerprint density at radius 1 is 1.40 bits per heavy atom. The molecule has 0 aliphatic carbocycles. The number of hydrogen-bond donors (Lipinski definition) is 2. The molecule has 2 amide bonds. The highest BCUT2D eigenvalue weighted by atomic mass is 19.4. The lowest BCUT2D eigenvalue weighted by Crippen LogP contribution is -2.39. The number of nitrogens with zero attached hydrogens (tertiary/aromatic N) is 4. The number of halogens is 3. The van der Waals surface area contributed by atoms with E-state index in [9.17, 15) is 18.0 Å². The van der Waals surface area contributed by atoms with E-state index in [4.69, 9.17) is 4.52 Å². The molecular formula is C14H17F3N6O2. The van der Waals surface area contributed by atoms with Crippen LogP contribution in [-0.2, 0) is 25.7 Å². The number of alkyl halides is 3. The Hall–Kier alpha value is -2.59. The molecule has 0 saturated heterocycles. The number of rotatable bonds is 4. The van der Waals surface area contributed by atoms with E-state index in [-0.39, 0.29) is 12.5 Å². The molecule has 2 aromatic rings. The number of fused-ring (bicyclic) bond motifs is 1. The molecule has 0 spiro atoms. The van der Waals surface area contributed by atoms with E-state index in [1.165, 1.54) is 4.57 Å². The minimum Gasteiger partial charge on any atom is -0.340 e. The molecule has 8 nitrogen and oxygen atoms in total. The van der Waals surface area contributed by atoms with Crippen molar-refractivity contribution in [2.75, 3.05) is 6.54 Å². The van der Waals surface area contributed by atoms with Crippen LogP contribution < -0.4 is 10.6 Å². The molecular weight excluding hydrogens is 341 g/mol. The monoisotopic (exact) mass is 358 g/mol. The number of imidazole rings is 1. The SMILES string of the molecule is Cc1nc(CNC(=O)NC[C@@H]2CCc3nc(C(F)(F)F)cn3C2)no1. The van der Waals surface area contributed by atoms with Crippen LogP contribution in [0.5, 0.6) is 0 Å². The fraction of sp³-hybridized carbons (Fsp3) is 0.571. The van der Waals surface area contributed by atoms with Crippen molar-refractivity contribution in [2.45, 2.75) is 39.0 Å². The zero-order valence-electron chi connectivity index (χ0n) is 13.4. The first-order valence-electron chi connectivity index (χ1n) is 7.75. The predicted octanol–water partition coefficient (Wildman–Crippen LogP) is 1.66. The van der Waals surface area contributed by atoms with Crippen molar-refractivity contribution in [1.82, 2.24) is 30.3 Å². The van der Waals surface area contributed by atoms with Gasteiger partial charge >= 0.3 is 12.2 Å². The average Bonchev–Trinajstić information content (AvgIpc) is 3.16. The van der Waals surface area contributed by atoms with E-state index in [0.717, 1.165) is 6.20 Å². The van der Waals surface area contributed by atoms with E-state index >= 15 is 0 Å². The van der Waals surface area contributed by atoms with Gasteiger partial charge in [-0.25, -0.2) is 9.78 Å². The van der Waals surface area contributed by atoms with E-state index in [1.54, 1.807) is 6.92 Å². The van der Waals surface area contributed by atoms with Gasteiger partial charge in [-0.05, 0) is 12.3 Å². The van der Waals surface area contributed by atoms with Crippen molar-refractivity contribution < 1.29 is 22.5 Å². The molecule has 3 rings (SSSR count). The first-order chi connectivity index (χ1) is 11.8. The third-order valence-corrected chi connectivity index (χ3v) is 3.91. The van der Waals surface area contributed by atoms with Crippen molar-refractivity contribution in [3.05, 3.63) is 29.4 Å². The fourth-order valence-corrected chi connectivity index (χ4v) is 2.69. The number of carbonyl (C=O) groups is 1. The van der Waals surface area contributed by atoms with Crippen LogP contribution in [0.25, 0.3) is 0 Å². The number of urea groups is 1. The minimum atomic E-state index is -4.44. The van der Waals surface area contributed by atoms with Crippen molar-refractivity contribution in [3.8, 4) is 0 Å². The number of aryl methyl sites for hydroxylation is 2. The summed E-state index contributed by atoms with van der Waals surface area (Å²) in [6, 6.07) is -0.394. The molecule has 1 aliphatic rings.